The van der Waals surface area contributed by atoms with Gasteiger partial charge >= 0.3 is 0 Å². The van der Waals surface area contributed by atoms with Crippen LogP contribution in [-0.2, 0) is 12.8 Å². The molecule has 0 aliphatic heterocycles. The number of aromatic nitrogens is 1. The summed E-state index contributed by atoms with van der Waals surface area (Å²) in [5.74, 6) is 0.877. The van der Waals surface area contributed by atoms with Gasteiger partial charge in [-0.25, -0.2) is 4.98 Å². The van der Waals surface area contributed by atoms with Crippen LogP contribution in [0.25, 0.3) is 10.9 Å². The minimum atomic E-state index is 0.877. The maximum absolute atomic E-state index is 5.55. The average molecular weight is 284 g/mol. The molecule has 0 bridgehead atoms. The quantitative estimate of drug-likeness (QED) is 0.855. The third kappa shape index (κ3) is 2.45. The third-order valence-corrected chi connectivity index (χ3v) is 4.41. The highest BCUT2D eigenvalue weighted by Gasteiger charge is 2.19. The van der Waals surface area contributed by atoms with Gasteiger partial charge in [0.15, 0.2) is 0 Å². The summed E-state index contributed by atoms with van der Waals surface area (Å²) in [5, 5.41) is 4.84. The van der Waals surface area contributed by atoms with Crippen molar-refractivity contribution in [2.24, 2.45) is 0 Å². The van der Waals surface area contributed by atoms with Crippen molar-refractivity contribution in [2.45, 2.75) is 46.0 Å². The number of fused-ring (bicyclic) bond motifs is 2. The van der Waals surface area contributed by atoms with Gasteiger partial charge < -0.3 is 10.1 Å². The molecule has 0 amide bonds. The molecular formula is C18H24N2O. The molecule has 0 radical (unpaired) electrons. The summed E-state index contributed by atoms with van der Waals surface area (Å²) < 4.78 is 5.55. The van der Waals surface area contributed by atoms with Gasteiger partial charge in [0.1, 0.15) is 11.3 Å². The Hall–Kier alpha value is -1.77. The van der Waals surface area contributed by atoms with Crippen LogP contribution in [0.15, 0.2) is 12.1 Å². The van der Waals surface area contributed by atoms with Crippen LogP contribution in [0.4, 0.5) is 5.69 Å². The van der Waals surface area contributed by atoms with Crippen LogP contribution in [0.5, 0.6) is 5.75 Å². The summed E-state index contributed by atoms with van der Waals surface area (Å²) in [6, 6.07) is 4.16. The zero-order valence-corrected chi connectivity index (χ0v) is 13.3. The van der Waals surface area contributed by atoms with E-state index in [1.807, 2.05) is 6.07 Å². The maximum atomic E-state index is 5.55. The van der Waals surface area contributed by atoms with Crippen LogP contribution < -0.4 is 10.1 Å². The summed E-state index contributed by atoms with van der Waals surface area (Å²) in [6.45, 7) is 5.25. The van der Waals surface area contributed by atoms with Crippen molar-refractivity contribution in [1.82, 2.24) is 4.98 Å². The standard InChI is InChI=1S/C18H24N2O/c1-4-19-17-13-8-6-5-7-9-14(13)20-18-15(21-3)11-10-12(2)16(17)18/h10-11H,4-9H2,1-3H3,(H,19,20). The lowest BCUT2D eigenvalue weighted by atomic mass is 9.98. The van der Waals surface area contributed by atoms with Crippen molar-refractivity contribution >= 4 is 16.6 Å². The number of pyridine rings is 1. The number of rotatable bonds is 3. The van der Waals surface area contributed by atoms with Gasteiger partial charge in [-0.2, -0.15) is 0 Å². The molecule has 3 rings (SSSR count). The summed E-state index contributed by atoms with van der Waals surface area (Å²) in [7, 11) is 1.73. The number of benzene rings is 1. The Morgan fingerprint density at radius 2 is 2.00 bits per heavy atom. The van der Waals surface area contributed by atoms with Gasteiger partial charge in [0.05, 0.1) is 7.11 Å². The van der Waals surface area contributed by atoms with Gasteiger partial charge in [-0.3, -0.25) is 0 Å². The Morgan fingerprint density at radius 3 is 2.76 bits per heavy atom. The number of nitrogens with zero attached hydrogens (tertiary/aromatic N) is 1. The van der Waals surface area contributed by atoms with Gasteiger partial charge in [-0.1, -0.05) is 12.5 Å². The number of hydrogen-bond acceptors (Lipinski definition) is 3. The first-order valence-electron chi connectivity index (χ1n) is 7.99. The fourth-order valence-electron chi connectivity index (χ4n) is 3.38. The highest BCUT2D eigenvalue weighted by Crippen LogP contribution is 2.38. The normalized spacial score (nSPS) is 14.6. The number of methoxy groups -OCH3 is 1. The van der Waals surface area contributed by atoms with Crippen molar-refractivity contribution < 1.29 is 4.74 Å². The lowest BCUT2D eigenvalue weighted by Crippen LogP contribution is -2.07. The molecule has 3 nitrogen and oxygen atoms in total. The van der Waals surface area contributed by atoms with Crippen LogP contribution in [-0.4, -0.2) is 18.6 Å². The molecule has 0 spiro atoms. The van der Waals surface area contributed by atoms with Gasteiger partial charge in [-0.15, -0.1) is 0 Å². The first-order valence-corrected chi connectivity index (χ1v) is 7.99. The molecule has 0 saturated carbocycles. The zero-order chi connectivity index (χ0) is 14.8. The minimum Gasteiger partial charge on any atom is -0.494 e. The van der Waals surface area contributed by atoms with Gasteiger partial charge in [0.2, 0.25) is 0 Å². The molecule has 1 aliphatic carbocycles. The molecule has 112 valence electrons. The van der Waals surface area contributed by atoms with E-state index in [2.05, 4.69) is 25.2 Å². The monoisotopic (exact) mass is 284 g/mol. The largest absolute Gasteiger partial charge is 0.494 e. The average Bonchev–Trinajstić information content (AvgIpc) is 2.73. The SMILES string of the molecule is CCNc1c2c(nc3c(OC)ccc(C)c13)CCCCC2. The van der Waals surface area contributed by atoms with E-state index < -0.39 is 0 Å². The van der Waals surface area contributed by atoms with Crippen LogP contribution in [0.1, 0.15) is 43.0 Å². The molecule has 3 heteroatoms. The van der Waals surface area contributed by atoms with Crippen molar-refractivity contribution in [3.05, 3.63) is 29.0 Å². The molecule has 0 fully saturated rings. The molecule has 1 aliphatic rings. The second-order valence-electron chi connectivity index (χ2n) is 5.81. The molecular weight excluding hydrogens is 260 g/mol. The second kappa shape index (κ2) is 5.92. The fourth-order valence-corrected chi connectivity index (χ4v) is 3.38. The van der Waals surface area contributed by atoms with E-state index >= 15 is 0 Å². The molecule has 1 N–H and O–H groups in total. The summed E-state index contributed by atoms with van der Waals surface area (Å²) in [5.41, 5.74) is 6.25. The number of hydrogen-bond donors (Lipinski definition) is 1. The third-order valence-electron chi connectivity index (χ3n) is 4.41. The number of aryl methyl sites for hydroxylation is 2. The van der Waals surface area contributed by atoms with Crippen LogP contribution >= 0.6 is 0 Å². The summed E-state index contributed by atoms with van der Waals surface area (Å²) in [4.78, 5) is 4.99. The predicted molar refractivity (Wildman–Crippen MR) is 88.5 cm³/mol. The lowest BCUT2D eigenvalue weighted by molar-refractivity contribution is 0.418. The summed E-state index contributed by atoms with van der Waals surface area (Å²) in [6.07, 6.45) is 6.03. The molecule has 0 unspecified atom stereocenters. The van der Waals surface area contributed by atoms with Crippen LogP contribution in [0, 0.1) is 6.92 Å². The smallest absolute Gasteiger partial charge is 0.145 e. The molecule has 1 aromatic heterocycles. The lowest BCUT2D eigenvalue weighted by Gasteiger charge is -2.19. The Labute approximate surface area is 126 Å². The van der Waals surface area contributed by atoms with Crippen molar-refractivity contribution in [2.75, 3.05) is 19.0 Å². The van der Waals surface area contributed by atoms with Crippen LogP contribution in [0.2, 0.25) is 0 Å². The van der Waals surface area contributed by atoms with E-state index in [4.69, 9.17) is 9.72 Å². The Balaban J connectivity index is 2.36. The van der Waals surface area contributed by atoms with E-state index in [0.717, 1.165) is 30.7 Å². The number of anilines is 1. The maximum Gasteiger partial charge on any atom is 0.145 e. The van der Waals surface area contributed by atoms with Crippen molar-refractivity contribution in [3.63, 3.8) is 0 Å². The fraction of sp³-hybridized carbons (Fsp3) is 0.500. The van der Waals surface area contributed by atoms with Crippen molar-refractivity contribution in [3.8, 4) is 5.75 Å². The number of nitrogens with one attached hydrogen (secondary N) is 1. The Morgan fingerprint density at radius 1 is 1.19 bits per heavy atom. The first kappa shape index (κ1) is 14.2. The van der Waals surface area contributed by atoms with E-state index in [-0.39, 0.29) is 0 Å². The van der Waals surface area contributed by atoms with Gasteiger partial charge in [-0.05, 0) is 56.7 Å². The van der Waals surface area contributed by atoms with E-state index in [1.54, 1.807) is 7.11 Å². The number of ether oxygens (including phenoxy) is 1. The van der Waals surface area contributed by atoms with E-state index in [9.17, 15) is 0 Å². The Bertz CT molecular complexity index is 664. The minimum absolute atomic E-state index is 0.877. The molecule has 21 heavy (non-hydrogen) atoms. The second-order valence-corrected chi connectivity index (χ2v) is 5.81. The highest BCUT2D eigenvalue weighted by atomic mass is 16.5. The summed E-state index contributed by atoms with van der Waals surface area (Å²) >= 11 is 0. The zero-order valence-electron chi connectivity index (χ0n) is 13.3. The highest BCUT2D eigenvalue weighted by molar-refractivity contribution is 5.99. The predicted octanol–water partition coefficient (Wildman–Crippen LogP) is 4.25. The first-order chi connectivity index (χ1) is 10.3. The van der Waals surface area contributed by atoms with E-state index in [0.29, 0.717) is 0 Å². The molecule has 1 heterocycles. The van der Waals surface area contributed by atoms with Gasteiger partial charge in [0.25, 0.3) is 0 Å². The Kier molecular flexibility index (Phi) is 4.00. The molecule has 1 aromatic carbocycles. The molecule has 0 saturated heterocycles. The van der Waals surface area contributed by atoms with Gasteiger partial charge in [0, 0.05) is 23.3 Å². The van der Waals surface area contributed by atoms with E-state index in [1.165, 1.54) is 47.2 Å². The molecule has 0 atom stereocenters. The topological polar surface area (TPSA) is 34.2 Å². The molecule has 2 aromatic rings. The van der Waals surface area contributed by atoms with Crippen molar-refractivity contribution in [1.29, 1.82) is 0 Å². The van der Waals surface area contributed by atoms with Crippen LogP contribution in [0.3, 0.4) is 0 Å².